The second-order valence-corrected chi connectivity index (χ2v) is 5.07. The van der Waals surface area contributed by atoms with Crippen molar-refractivity contribution in [2.45, 2.75) is 45.8 Å². The van der Waals surface area contributed by atoms with Crippen LogP contribution < -0.4 is 0 Å². The molecule has 1 unspecified atom stereocenters. The van der Waals surface area contributed by atoms with Crippen molar-refractivity contribution in [2.75, 3.05) is 0 Å². The lowest BCUT2D eigenvalue weighted by molar-refractivity contribution is -0.300. The van der Waals surface area contributed by atoms with Crippen LogP contribution >= 0.6 is 0 Å². The summed E-state index contributed by atoms with van der Waals surface area (Å²) < 4.78 is 0. The molecule has 4 nitrogen and oxygen atoms in total. The third-order valence-electron chi connectivity index (χ3n) is 3.18. The molecule has 1 N–H and O–H groups in total. The molecule has 0 bridgehead atoms. The molecule has 1 rings (SSSR count). The Labute approximate surface area is 90.5 Å². The molecule has 0 amide bonds. The molecule has 86 valence electrons. The monoisotopic (exact) mass is 213 g/mol. The van der Waals surface area contributed by atoms with E-state index in [9.17, 15) is 4.79 Å². The fourth-order valence-electron chi connectivity index (χ4n) is 1.51. The van der Waals surface area contributed by atoms with Gasteiger partial charge < -0.3 is 5.11 Å². The second-order valence-electron chi connectivity index (χ2n) is 5.07. The molecule has 0 aromatic rings. The van der Waals surface area contributed by atoms with Crippen molar-refractivity contribution in [3.63, 3.8) is 0 Å². The third kappa shape index (κ3) is 1.74. The highest BCUT2D eigenvalue weighted by atomic mass is 16.7. The van der Waals surface area contributed by atoms with Gasteiger partial charge in [0, 0.05) is 11.6 Å². The average Bonchev–Trinajstić information content (AvgIpc) is 2.12. The predicted octanol–water partition coefficient (Wildman–Crippen LogP) is 2.03. The molecule has 1 aliphatic heterocycles. The molecule has 0 radical (unpaired) electrons. The van der Waals surface area contributed by atoms with Crippen molar-refractivity contribution in [3.8, 4) is 0 Å². The van der Waals surface area contributed by atoms with Crippen LogP contribution in [0.25, 0.3) is 0 Å². The summed E-state index contributed by atoms with van der Waals surface area (Å²) in [6, 6.07) is 0. The summed E-state index contributed by atoms with van der Waals surface area (Å²) in [7, 11) is 0. The largest absolute Gasteiger partial charge is 0.479 e. The van der Waals surface area contributed by atoms with Crippen LogP contribution in [-0.4, -0.2) is 27.3 Å². The zero-order chi connectivity index (χ0) is 12.0. The van der Waals surface area contributed by atoms with Gasteiger partial charge in [0.1, 0.15) is 0 Å². The van der Waals surface area contributed by atoms with Crippen LogP contribution in [0, 0.1) is 5.92 Å². The predicted molar refractivity (Wildman–Crippen MR) is 57.0 cm³/mol. The van der Waals surface area contributed by atoms with Crippen molar-refractivity contribution < 1.29 is 14.7 Å². The Kier molecular flexibility index (Phi) is 2.60. The minimum atomic E-state index is -1.22. The van der Waals surface area contributed by atoms with E-state index in [1.807, 2.05) is 13.8 Å². The minimum Gasteiger partial charge on any atom is -0.479 e. The normalized spacial score (nSPS) is 25.0. The van der Waals surface area contributed by atoms with E-state index < -0.39 is 11.6 Å². The minimum absolute atomic E-state index is 0.191. The summed E-state index contributed by atoms with van der Waals surface area (Å²) in [5.74, 6) is -0.673. The first-order valence-electron chi connectivity index (χ1n) is 5.02. The van der Waals surface area contributed by atoms with Crippen LogP contribution in [0.3, 0.4) is 0 Å². The van der Waals surface area contributed by atoms with Crippen LogP contribution in [0.15, 0.2) is 12.3 Å². The maximum absolute atomic E-state index is 10.9. The second kappa shape index (κ2) is 3.23. The molecule has 0 spiro atoms. The summed E-state index contributed by atoms with van der Waals surface area (Å²) in [4.78, 5) is 16.4. The maximum atomic E-state index is 10.9. The number of rotatable bonds is 3. The van der Waals surface area contributed by atoms with Crippen LogP contribution in [0.5, 0.6) is 0 Å². The zero-order valence-corrected chi connectivity index (χ0v) is 10.00. The molecule has 0 saturated carbocycles. The molecule has 1 saturated heterocycles. The lowest BCUT2D eigenvalue weighted by Gasteiger charge is -2.56. The van der Waals surface area contributed by atoms with Crippen molar-refractivity contribution in [2.24, 2.45) is 5.92 Å². The number of carboxylic acid groups (broad SMARTS) is 1. The molecule has 0 aromatic carbocycles. The van der Waals surface area contributed by atoms with Crippen molar-refractivity contribution in [1.82, 2.24) is 5.06 Å². The van der Waals surface area contributed by atoms with Crippen LogP contribution in [0.4, 0.5) is 0 Å². The summed E-state index contributed by atoms with van der Waals surface area (Å²) >= 11 is 0. The maximum Gasteiger partial charge on any atom is 0.338 e. The Hall–Kier alpha value is -1.03. The number of nitrogens with zero attached hydrogens (tertiary/aromatic N) is 1. The molecule has 1 aliphatic rings. The first-order chi connectivity index (χ1) is 6.60. The Bertz CT molecular complexity index is 307. The summed E-state index contributed by atoms with van der Waals surface area (Å²) in [5, 5.41) is 10.6. The van der Waals surface area contributed by atoms with Gasteiger partial charge in [-0.15, -0.1) is 0 Å². The molecule has 1 heterocycles. The fourth-order valence-corrected chi connectivity index (χ4v) is 1.51. The summed E-state index contributed by atoms with van der Waals surface area (Å²) in [6.07, 6.45) is 0. The van der Waals surface area contributed by atoms with E-state index in [-0.39, 0.29) is 5.54 Å². The SMILES string of the molecule is C=C1C(C)C(C)(C)N1OC(C)(C)C(=O)O. The quantitative estimate of drug-likeness (QED) is 0.779. The van der Waals surface area contributed by atoms with Gasteiger partial charge >= 0.3 is 5.97 Å². The molecule has 15 heavy (non-hydrogen) atoms. The highest BCUT2D eigenvalue weighted by molar-refractivity contribution is 5.76. The smallest absolute Gasteiger partial charge is 0.338 e. The molecule has 4 heteroatoms. The van der Waals surface area contributed by atoms with E-state index in [1.54, 1.807) is 5.06 Å². The van der Waals surface area contributed by atoms with E-state index in [0.29, 0.717) is 5.92 Å². The van der Waals surface area contributed by atoms with Crippen LogP contribution in [0.1, 0.15) is 34.6 Å². The highest BCUT2D eigenvalue weighted by Crippen LogP contribution is 2.45. The molecule has 0 aliphatic carbocycles. The molecular weight excluding hydrogens is 194 g/mol. The lowest BCUT2D eigenvalue weighted by atomic mass is 9.77. The summed E-state index contributed by atoms with van der Waals surface area (Å²) in [5.41, 5.74) is -0.584. The number of aliphatic carboxylic acids is 1. The number of carbonyl (C=O) groups is 1. The zero-order valence-electron chi connectivity index (χ0n) is 10.00. The molecule has 1 atom stereocenters. The Balaban J connectivity index is 2.77. The average molecular weight is 213 g/mol. The van der Waals surface area contributed by atoms with Crippen LogP contribution in [0.2, 0.25) is 0 Å². The standard InChI is InChI=1S/C11H19NO3/c1-7-8(2)12(10(7,3)4)15-11(5,6)9(13)14/h7H,2H2,1,3-6H3,(H,13,14). The van der Waals surface area contributed by atoms with Gasteiger partial charge in [0.15, 0.2) is 5.60 Å². The Morgan fingerprint density at radius 3 is 2.40 bits per heavy atom. The van der Waals surface area contributed by atoms with Gasteiger partial charge in [0.05, 0.1) is 5.54 Å². The molecule has 0 aromatic heterocycles. The van der Waals surface area contributed by atoms with Gasteiger partial charge in [0.25, 0.3) is 0 Å². The van der Waals surface area contributed by atoms with Gasteiger partial charge in [0.2, 0.25) is 0 Å². The lowest BCUT2D eigenvalue weighted by Crippen LogP contribution is -2.62. The van der Waals surface area contributed by atoms with Crippen molar-refractivity contribution in [3.05, 3.63) is 12.3 Å². The molecular formula is C11H19NO3. The van der Waals surface area contributed by atoms with Gasteiger partial charge in [-0.2, -0.15) is 0 Å². The number of hydrogen-bond acceptors (Lipinski definition) is 3. The van der Waals surface area contributed by atoms with Crippen LogP contribution in [-0.2, 0) is 9.63 Å². The van der Waals surface area contributed by atoms with Gasteiger partial charge in [-0.1, -0.05) is 13.5 Å². The highest BCUT2D eigenvalue weighted by Gasteiger charge is 2.50. The Morgan fingerprint density at radius 2 is 2.07 bits per heavy atom. The van der Waals surface area contributed by atoms with Crippen molar-refractivity contribution >= 4 is 5.97 Å². The first kappa shape index (κ1) is 12.0. The van der Waals surface area contributed by atoms with E-state index in [2.05, 4.69) is 13.5 Å². The third-order valence-corrected chi connectivity index (χ3v) is 3.18. The van der Waals surface area contributed by atoms with Gasteiger partial charge in [-0.3, -0.25) is 9.90 Å². The topological polar surface area (TPSA) is 49.8 Å². The number of hydroxylamine groups is 2. The molecule has 1 fully saturated rings. The Morgan fingerprint density at radius 1 is 1.60 bits per heavy atom. The number of hydrogen-bond donors (Lipinski definition) is 1. The van der Waals surface area contributed by atoms with E-state index in [4.69, 9.17) is 9.94 Å². The van der Waals surface area contributed by atoms with Gasteiger partial charge in [-0.05, 0) is 27.7 Å². The fraction of sp³-hybridized carbons (Fsp3) is 0.727. The van der Waals surface area contributed by atoms with E-state index in [0.717, 1.165) is 5.70 Å². The summed E-state index contributed by atoms with van der Waals surface area (Å²) in [6.45, 7) is 13.0. The first-order valence-corrected chi connectivity index (χ1v) is 5.02. The van der Waals surface area contributed by atoms with Gasteiger partial charge in [-0.25, -0.2) is 4.79 Å². The van der Waals surface area contributed by atoms with E-state index >= 15 is 0 Å². The van der Waals surface area contributed by atoms with Crippen molar-refractivity contribution in [1.29, 1.82) is 0 Å². The number of carboxylic acids is 1. The van der Waals surface area contributed by atoms with E-state index in [1.165, 1.54) is 13.8 Å².